The average molecular weight is 370 g/mol. The van der Waals surface area contributed by atoms with E-state index in [0.717, 1.165) is 31.2 Å². The summed E-state index contributed by atoms with van der Waals surface area (Å²) in [4.78, 5) is 29.6. The lowest BCUT2D eigenvalue weighted by molar-refractivity contribution is -0.148. The Morgan fingerprint density at radius 3 is 2.33 bits per heavy atom. The molecule has 1 aromatic carbocycles. The molecule has 0 bridgehead atoms. The predicted octanol–water partition coefficient (Wildman–Crippen LogP) is 2.66. The van der Waals surface area contributed by atoms with Gasteiger partial charge in [-0.3, -0.25) is 9.59 Å². The molecule has 1 aromatic rings. The molecule has 2 atom stereocenters. The molecule has 0 radical (unpaired) electrons. The minimum Gasteiger partial charge on any atom is -0.372 e. The van der Waals surface area contributed by atoms with Crippen LogP contribution in [0.25, 0.3) is 0 Å². The first-order valence-corrected chi connectivity index (χ1v) is 10.4. The molecule has 0 spiro atoms. The van der Waals surface area contributed by atoms with Crippen molar-refractivity contribution in [3.63, 3.8) is 0 Å². The molecule has 2 aliphatic heterocycles. The van der Waals surface area contributed by atoms with Gasteiger partial charge in [0.25, 0.3) is 5.91 Å². The molecule has 1 aliphatic carbocycles. The molecule has 2 fully saturated rings. The lowest BCUT2D eigenvalue weighted by atomic mass is 9.94. The van der Waals surface area contributed by atoms with Crippen LogP contribution in [-0.4, -0.2) is 60.0 Å². The summed E-state index contributed by atoms with van der Waals surface area (Å²) in [6.45, 7) is 6.74. The predicted molar refractivity (Wildman–Crippen MR) is 104 cm³/mol. The summed E-state index contributed by atoms with van der Waals surface area (Å²) in [6.07, 6.45) is 5.13. The second kappa shape index (κ2) is 7.63. The molecule has 27 heavy (non-hydrogen) atoms. The number of carbonyl (C=O) groups excluding carboxylic acids is 2. The van der Waals surface area contributed by atoms with E-state index in [-0.39, 0.29) is 29.9 Å². The molecule has 4 rings (SSSR count). The number of likely N-dealkylation sites (tertiary alicyclic amines) is 1. The number of aryl methyl sites for hydroxylation is 2. The van der Waals surface area contributed by atoms with Crippen molar-refractivity contribution in [2.45, 2.75) is 58.2 Å². The molecule has 2 saturated heterocycles. The number of hydrogen-bond acceptors (Lipinski definition) is 3. The van der Waals surface area contributed by atoms with Crippen LogP contribution in [0, 0.1) is 5.92 Å². The van der Waals surface area contributed by atoms with Crippen molar-refractivity contribution >= 4 is 11.8 Å². The van der Waals surface area contributed by atoms with Crippen LogP contribution in [0.1, 0.15) is 54.6 Å². The summed E-state index contributed by atoms with van der Waals surface area (Å²) in [5.74, 6) is 0.386. The minimum atomic E-state index is 0.0339. The zero-order chi connectivity index (χ0) is 19.0. The Morgan fingerprint density at radius 1 is 0.963 bits per heavy atom. The Balaban J connectivity index is 1.34. The van der Waals surface area contributed by atoms with Crippen LogP contribution < -0.4 is 0 Å². The number of rotatable bonds is 2. The monoisotopic (exact) mass is 370 g/mol. The molecule has 2 heterocycles. The fraction of sp³-hybridized carbons (Fsp3) is 0.636. The standard InChI is InChI=1S/C22H30N2O3/c1-15-13-24(14-16(2)27-15)21(25)18-8-10-23(11-9-18)22(26)20-7-6-17-4-3-5-19(17)12-20/h6-7,12,15-16,18H,3-5,8-11,13-14H2,1-2H3/t15-,16-/m0/s1. The number of benzene rings is 1. The topological polar surface area (TPSA) is 49.9 Å². The molecule has 3 aliphatic rings. The van der Waals surface area contributed by atoms with E-state index in [2.05, 4.69) is 12.1 Å². The van der Waals surface area contributed by atoms with Crippen molar-refractivity contribution < 1.29 is 14.3 Å². The van der Waals surface area contributed by atoms with Gasteiger partial charge in [0.15, 0.2) is 0 Å². The normalized spacial score (nSPS) is 26.1. The zero-order valence-corrected chi connectivity index (χ0v) is 16.4. The summed E-state index contributed by atoms with van der Waals surface area (Å²) in [6, 6.07) is 6.17. The van der Waals surface area contributed by atoms with Gasteiger partial charge in [-0.2, -0.15) is 0 Å². The lowest BCUT2D eigenvalue weighted by Crippen LogP contribution is -2.51. The second-order valence-electron chi connectivity index (χ2n) is 8.40. The summed E-state index contributed by atoms with van der Waals surface area (Å²) in [7, 11) is 0. The zero-order valence-electron chi connectivity index (χ0n) is 16.4. The number of ether oxygens (including phenoxy) is 1. The highest BCUT2D eigenvalue weighted by molar-refractivity contribution is 5.94. The molecular formula is C22H30N2O3. The van der Waals surface area contributed by atoms with Crippen molar-refractivity contribution in [3.8, 4) is 0 Å². The molecule has 0 saturated carbocycles. The van der Waals surface area contributed by atoms with Crippen LogP contribution in [0.3, 0.4) is 0 Å². The van der Waals surface area contributed by atoms with Gasteiger partial charge < -0.3 is 14.5 Å². The largest absolute Gasteiger partial charge is 0.372 e. The summed E-state index contributed by atoms with van der Waals surface area (Å²) >= 11 is 0. The van der Waals surface area contributed by atoms with E-state index < -0.39 is 0 Å². The van der Waals surface area contributed by atoms with E-state index in [9.17, 15) is 9.59 Å². The highest BCUT2D eigenvalue weighted by atomic mass is 16.5. The number of amides is 2. The molecule has 5 heteroatoms. The Labute approximate surface area is 161 Å². The molecular weight excluding hydrogens is 340 g/mol. The Kier molecular flexibility index (Phi) is 5.22. The first-order valence-electron chi connectivity index (χ1n) is 10.4. The number of piperidine rings is 1. The van der Waals surface area contributed by atoms with Crippen molar-refractivity contribution in [2.75, 3.05) is 26.2 Å². The van der Waals surface area contributed by atoms with E-state index in [4.69, 9.17) is 4.74 Å². The van der Waals surface area contributed by atoms with Gasteiger partial charge in [0.05, 0.1) is 12.2 Å². The molecule has 0 unspecified atom stereocenters. The van der Waals surface area contributed by atoms with Gasteiger partial charge in [0.2, 0.25) is 5.91 Å². The van der Waals surface area contributed by atoms with Gasteiger partial charge in [-0.1, -0.05) is 6.07 Å². The quantitative estimate of drug-likeness (QED) is 0.804. The number of morpholine rings is 1. The molecule has 0 aromatic heterocycles. The Bertz CT molecular complexity index is 714. The van der Waals surface area contributed by atoms with Gasteiger partial charge >= 0.3 is 0 Å². The Morgan fingerprint density at radius 2 is 1.63 bits per heavy atom. The lowest BCUT2D eigenvalue weighted by Gasteiger charge is -2.39. The highest BCUT2D eigenvalue weighted by Gasteiger charge is 2.33. The third-order valence-corrected chi connectivity index (χ3v) is 6.21. The summed E-state index contributed by atoms with van der Waals surface area (Å²) in [5.41, 5.74) is 3.53. The van der Waals surface area contributed by atoms with Crippen molar-refractivity contribution in [1.82, 2.24) is 9.80 Å². The average Bonchev–Trinajstić information content (AvgIpc) is 3.14. The third-order valence-electron chi connectivity index (χ3n) is 6.21. The first-order chi connectivity index (χ1) is 13.0. The molecule has 146 valence electrons. The van der Waals surface area contributed by atoms with E-state index in [1.54, 1.807) is 0 Å². The van der Waals surface area contributed by atoms with Crippen LogP contribution in [0.2, 0.25) is 0 Å². The van der Waals surface area contributed by atoms with Crippen LogP contribution in [0.4, 0.5) is 0 Å². The summed E-state index contributed by atoms with van der Waals surface area (Å²) in [5, 5.41) is 0. The SMILES string of the molecule is C[C@H]1CN(C(=O)C2CCN(C(=O)c3ccc4c(c3)CCC4)CC2)C[C@H](C)O1. The van der Waals surface area contributed by atoms with Gasteiger partial charge in [-0.05, 0) is 69.2 Å². The van der Waals surface area contributed by atoms with Gasteiger partial charge in [0.1, 0.15) is 0 Å². The van der Waals surface area contributed by atoms with E-state index in [0.29, 0.717) is 26.2 Å². The fourth-order valence-electron chi connectivity index (χ4n) is 4.83. The van der Waals surface area contributed by atoms with Crippen LogP contribution in [-0.2, 0) is 22.4 Å². The highest BCUT2D eigenvalue weighted by Crippen LogP contribution is 2.26. The number of nitrogens with zero attached hydrogens (tertiary/aromatic N) is 2. The van der Waals surface area contributed by atoms with E-state index in [1.807, 2.05) is 29.7 Å². The summed E-state index contributed by atoms with van der Waals surface area (Å²) < 4.78 is 5.74. The second-order valence-corrected chi connectivity index (χ2v) is 8.40. The fourth-order valence-corrected chi connectivity index (χ4v) is 4.83. The van der Waals surface area contributed by atoms with Crippen molar-refractivity contribution in [1.29, 1.82) is 0 Å². The number of hydrogen-bond donors (Lipinski definition) is 0. The van der Waals surface area contributed by atoms with Gasteiger partial charge in [-0.25, -0.2) is 0 Å². The Hall–Kier alpha value is -1.88. The molecule has 0 N–H and O–H groups in total. The smallest absolute Gasteiger partial charge is 0.253 e. The van der Waals surface area contributed by atoms with Gasteiger partial charge in [-0.15, -0.1) is 0 Å². The van der Waals surface area contributed by atoms with Gasteiger partial charge in [0, 0.05) is 37.7 Å². The third kappa shape index (κ3) is 3.88. The van der Waals surface area contributed by atoms with Crippen LogP contribution in [0.15, 0.2) is 18.2 Å². The van der Waals surface area contributed by atoms with Crippen LogP contribution >= 0.6 is 0 Å². The molecule has 2 amide bonds. The van der Waals surface area contributed by atoms with Crippen molar-refractivity contribution in [3.05, 3.63) is 34.9 Å². The van der Waals surface area contributed by atoms with Crippen LogP contribution in [0.5, 0.6) is 0 Å². The van der Waals surface area contributed by atoms with E-state index >= 15 is 0 Å². The van der Waals surface area contributed by atoms with Crippen molar-refractivity contribution in [2.24, 2.45) is 5.92 Å². The molecule has 5 nitrogen and oxygen atoms in total. The van der Waals surface area contributed by atoms with E-state index in [1.165, 1.54) is 17.5 Å². The maximum absolute atomic E-state index is 12.9. The maximum Gasteiger partial charge on any atom is 0.253 e. The first kappa shape index (κ1) is 18.5. The number of fused-ring (bicyclic) bond motifs is 1. The number of carbonyl (C=O) groups is 2. The maximum atomic E-state index is 12.9. The minimum absolute atomic E-state index is 0.0339.